The van der Waals surface area contributed by atoms with E-state index in [-0.39, 0.29) is 17.2 Å². The van der Waals surface area contributed by atoms with Gasteiger partial charge >= 0.3 is 0 Å². The van der Waals surface area contributed by atoms with Gasteiger partial charge in [-0.25, -0.2) is 22.6 Å². The second-order valence-corrected chi connectivity index (χ2v) is 7.12. The maximum Gasteiger partial charge on any atom is 0.270 e. The zero-order valence-electron chi connectivity index (χ0n) is 12.2. The van der Waals surface area contributed by atoms with E-state index in [1.807, 2.05) is 13.8 Å². The molecule has 0 aliphatic carbocycles. The normalized spacial score (nSPS) is 12.0. The molecule has 0 saturated carbocycles. The van der Waals surface area contributed by atoms with Gasteiger partial charge in [0.05, 0.1) is 11.4 Å². The van der Waals surface area contributed by atoms with Crippen molar-refractivity contribution >= 4 is 21.6 Å². The molecule has 2 heterocycles. The summed E-state index contributed by atoms with van der Waals surface area (Å²) >= 11 is 0. The van der Waals surface area contributed by atoms with Crippen LogP contribution in [0.1, 0.15) is 36.3 Å². The fraction of sp³-hybridized carbons (Fsp3) is 0.462. The fourth-order valence-corrected chi connectivity index (χ4v) is 3.16. The second kappa shape index (κ2) is 5.80. The van der Waals surface area contributed by atoms with Gasteiger partial charge in [0, 0.05) is 12.4 Å². The number of carbonyl (C=O) groups excluding carboxylic acids is 1. The molecule has 0 radical (unpaired) electrons. The number of fused-ring (bicyclic) bond motifs is 1. The van der Waals surface area contributed by atoms with E-state index in [1.165, 1.54) is 10.7 Å². The second-order valence-electron chi connectivity index (χ2n) is 5.28. The Morgan fingerprint density at radius 2 is 2.14 bits per heavy atom. The summed E-state index contributed by atoms with van der Waals surface area (Å²) in [6.45, 7) is 5.50. The third-order valence-electron chi connectivity index (χ3n) is 3.01. The van der Waals surface area contributed by atoms with Crippen molar-refractivity contribution in [3.05, 3.63) is 29.7 Å². The van der Waals surface area contributed by atoms with Gasteiger partial charge < -0.3 is 0 Å². The van der Waals surface area contributed by atoms with Crippen molar-refractivity contribution < 1.29 is 13.2 Å². The minimum atomic E-state index is -3.65. The van der Waals surface area contributed by atoms with Crippen molar-refractivity contribution in [1.82, 2.24) is 19.3 Å². The van der Waals surface area contributed by atoms with Crippen LogP contribution in [0, 0.1) is 12.8 Å². The average Bonchev–Trinajstić information content (AvgIpc) is 2.72. The van der Waals surface area contributed by atoms with Crippen LogP contribution in [0.15, 0.2) is 18.5 Å². The zero-order valence-corrected chi connectivity index (χ0v) is 13.0. The lowest BCUT2D eigenvalue weighted by Gasteiger charge is -2.08. The van der Waals surface area contributed by atoms with Crippen molar-refractivity contribution in [1.29, 1.82) is 0 Å². The lowest BCUT2D eigenvalue weighted by atomic mass is 10.2. The highest BCUT2D eigenvalue weighted by molar-refractivity contribution is 7.90. The highest BCUT2D eigenvalue weighted by Gasteiger charge is 2.22. The molecule has 0 saturated heterocycles. The quantitative estimate of drug-likeness (QED) is 0.894. The van der Waals surface area contributed by atoms with E-state index in [1.54, 1.807) is 19.2 Å². The topological polar surface area (TPSA) is 93.4 Å². The summed E-state index contributed by atoms with van der Waals surface area (Å²) in [5.41, 5.74) is 0.959. The van der Waals surface area contributed by atoms with Gasteiger partial charge in [0.2, 0.25) is 10.0 Å². The number of amides is 1. The molecular weight excluding hydrogens is 292 g/mol. The van der Waals surface area contributed by atoms with E-state index >= 15 is 0 Å². The van der Waals surface area contributed by atoms with Crippen LogP contribution in [0.4, 0.5) is 0 Å². The molecule has 0 aromatic carbocycles. The van der Waals surface area contributed by atoms with Crippen molar-refractivity contribution in [2.24, 2.45) is 5.92 Å². The number of aryl methyl sites for hydroxylation is 1. The van der Waals surface area contributed by atoms with E-state index in [9.17, 15) is 13.2 Å². The molecule has 1 N–H and O–H groups in total. The van der Waals surface area contributed by atoms with Crippen molar-refractivity contribution in [3.8, 4) is 0 Å². The van der Waals surface area contributed by atoms with E-state index in [4.69, 9.17) is 0 Å². The Kier molecular flexibility index (Phi) is 4.26. The smallest absolute Gasteiger partial charge is 0.268 e. The minimum Gasteiger partial charge on any atom is -0.268 e. The molecule has 114 valence electrons. The van der Waals surface area contributed by atoms with Gasteiger partial charge in [-0.3, -0.25) is 4.79 Å². The molecule has 2 aromatic heterocycles. The summed E-state index contributed by atoms with van der Waals surface area (Å²) in [5.74, 6) is -0.524. The highest BCUT2D eigenvalue weighted by Crippen LogP contribution is 2.13. The van der Waals surface area contributed by atoms with Crippen LogP contribution in [-0.4, -0.2) is 34.7 Å². The van der Waals surface area contributed by atoms with Gasteiger partial charge in [-0.15, -0.1) is 0 Å². The summed E-state index contributed by atoms with van der Waals surface area (Å²) in [7, 11) is -3.65. The standard InChI is InChI=1S/C13H18N4O3S/c1-9(2)5-8-21(19,20)16-13(18)11-10(3)15-17-7-4-6-14-12(11)17/h4,6-7,9H,5,8H2,1-3H3,(H,16,18). The van der Waals surface area contributed by atoms with Gasteiger partial charge in [0.1, 0.15) is 5.56 Å². The SMILES string of the molecule is Cc1nn2cccnc2c1C(=O)NS(=O)(=O)CCC(C)C. The molecule has 21 heavy (non-hydrogen) atoms. The average molecular weight is 310 g/mol. The lowest BCUT2D eigenvalue weighted by Crippen LogP contribution is -2.33. The minimum absolute atomic E-state index is 0.0813. The number of carbonyl (C=O) groups is 1. The number of rotatable bonds is 5. The molecular formula is C13H18N4O3S. The summed E-state index contributed by atoms with van der Waals surface area (Å²) in [5, 5.41) is 4.14. The third-order valence-corrected chi connectivity index (χ3v) is 4.28. The zero-order chi connectivity index (χ0) is 15.6. The van der Waals surface area contributed by atoms with Crippen LogP contribution in [0.5, 0.6) is 0 Å². The molecule has 7 nitrogen and oxygen atoms in total. The molecule has 1 amide bonds. The van der Waals surface area contributed by atoms with Crippen LogP contribution in [0.3, 0.4) is 0 Å². The molecule has 0 unspecified atom stereocenters. The fourth-order valence-electron chi connectivity index (χ4n) is 1.90. The number of hydrogen-bond acceptors (Lipinski definition) is 5. The van der Waals surface area contributed by atoms with Crippen molar-refractivity contribution in [2.75, 3.05) is 5.75 Å². The maximum atomic E-state index is 12.2. The molecule has 0 aliphatic rings. The van der Waals surface area contributed by atoms with Gasteiger partial charge in [-0.2, -0.15) is 5.10 Å². The molecule has 0 fully saturated rings. The highest BCUT2D eigenvalue weighted by atomic mass is 32.2. The Morgan fingerprint density at radius 1 is 1.43 bits per heavy atom. The number of sulfonamides is 1. The Hall–Kier alpha value is -1.96. The first-order valence-corrected chi connectivity index (χ1v) is 8.30. The Balaban J connectivity index is 2.25. The Labute approximate surface area is 123 Å². The molecule has 8 heteroatoms. The number of nitrogens with zero attached hydrogens (tertiary/aromatic N) is 3. The Morgan fingerprint density at radius 3 is 2.81 bits per heavy atom. The van der Waals surface area contributed by atoms with E-state index in [0.717, 1.165) is 0 Å². The largest absolute Gasteiger partial charge is 0.270 e. The summed E-state index contributed by atoms with van der Waals surface area (Å²) in [6.07, 6.45) is 3.68. The molecule has 2 aromatic rings. The number of hydrogen-bond donors (Lipinski definition) is 1. The van der Waals surface area contributed by atoms with Gasteiger partial charge in [0.15, 0.2) is 5.65 Å². The van der Waals surface area contributed by atoms with Crippen molar-refractivity contribution in [2.45, 2.75) is 27.2 Å². The predicted molar refractivity (Wildman–Crippen MR) is 78.4 cm³/mol. The molecule has 0 atom stereocenters. The van der Waals surface area contributed by atoms with Crippen LogP contribution < -0.4 is 4.72 Å². The lowest BCUT2D eigenvalue weighted by molar-refractivity contribution is 0.0982. The molecule has 2 rings (SSSR count). The molecule has 0 bridgehead atoms. The number of aromatic nitrogens is 3. The first-order valence-electron chi connectivity index (χ1n) is 6.65. The van der Waals surface area contributed by atoms with Crippen molar-refractivity contribution in [3.63, 3.8) is 0 Å². The van der Waals surface area contributed by atoms with Crippen LogP contribution >= 0.6 is 0 Å². The Bertz CT molecular complexity index is 765. The monoisotopic (exact) mass is 310 g/mol. The first kappa shape index (κ1) is 15.4. The van der Waals surface area contributed by atoms with Crippen LogP contribution in [-0.2, 0) is 10.0 Å². The number of nitrogens with one attached hydrogen (secondary N) is 1. The van der Waals surface area contributed by atoms with E-state index < -0.39 is 15.9 Å². The third kappa shape index (κ3) is 3.57. The van der Waals surface area contributed by atoms with Gasteiger partial charge in [-0.05, 0) is 25.3 Å². The maximum absolute atomic E-state index is 12.2. The molecule has 0 spiro atoms. The van der Waals surface area contributed by atoms with Gasteiger partial charge in [0.25, 0.3) is 5.91 Å². The van der Waals surface area contributed by atoms with E-state index in [0.29, 0.717) is 17.8 Å². The molecule has 0 aliphatic heterocycles. The van der Waals surface area contributed by atoms with E-state index in [2.05, 4.69) is 14.8 Å². The summed E-state index contributed by atoms with van der Waals surface area (Å²) in [4.78, 5) is 16.3. The predicted octanol–water partition coefficient (Wildman–Crippen LogP) is 1.14. The van der Waals surface area contributed by atoms with Gasteiger partial charge in [-0.1, -0.05) is 13.8 Å². The van der Waals surface area contributed by atoms with Crippen LogP contribution in [0.25, 0.3) is 5.65 Å². The van der Waals surface area contributed by atoms with Crippen LogP contribution in [0.2, 0.25) is 0 Å². The summed E-state index contributed by atoms with van der Waals surface area (Å²) < 4.78 is 27.4. The summed E-state index contributed by atoms with van der Waals surface area (Å²) in [6, 6.07) is 1.68. The first-order chi connectivity index (χ1) is 9.80.